The fraction of sp³-hybridized carbons (Fsp3) is 0.111. The van der Waals surface area contributed by atoms with Crippen LogP contribution in [-0.2, 0) is 0 Å². The van der Waals surface area contributed by atoms with E-state index in [4.69, 9.17) is 12.2 Å². The summed E-state index contributed by atoms with van der Waals surface area (Å²) >= 11 is 6.69. The summed E-state index contributed by atoms with van der Waals surface area (Å²) in [6.07, 6.45) is 1.55. The number of hydrogen-bond donors (Lipinski definition) is 1. The molecule has 0 bridgehead atoms. The SMILES string of the molecule is C[C@H](c1ccccc1)n1c(O)c(C=Nc2ccc(F)cc2)sc1=S. The van der Waals surface area contributed by atoms with Crippen LogP contribution in [0.2, 0.25) is 0 Å². The smallest absolute Gasteiger partial charge is 0.212 e. The first kappa shape index (κ1) is 16.5. The lowest BCUT2D eigenvalue weighted by Gasteiger charge is -2.14. The molecule has 0 radical (unpaired) electrons. The summed E-state index contributed by atoms with van der Waals surface area (Å²) in [6.45, 7) is 1.98. The fourth-order valence-electron chi connectivity index (χ4n) is 2.36. The maximum absolute atomic E-state index is 12.9. The van der Waals surface area contributed by atoms with E-state index < -0.39 is 0 Å². The molecule has 0 fully saturated rings. The van der Waals surface area contributed by atoms with Gasteiger partial charge in [0.15, 0.2) is 3.95 Å². The third kappa shape index (κ3) is 3.44. The summed E-state index contributed by atoms with van der Waals surface area (Å²) < 4.78 is 15.2. The Hall–Kier alpha value is -2.31. The number of aliphatic imine (C=N–C) groups is 1. The fourth-order valence-corrected chi connectivity index (χ4v) is 3.70. The van der Waals surface area contributed by atoms with Crippen LogP contribution in [0.4, 0.5) is 10.1 Å². The zero-order valence-electron chi connectivity index (χ0n) is 12.9. The van der Waals surface area contributed by atoms with Crippen molar-refractivity contribution >= 4 is 35.5 Å². The second kappa shape index (κ2) is 7.07. The van der Waals surface area contributed by atoms with E-state index in [2.05, 4.69) is 4.99 Å². The van der Waals surface area contributed by atoms with Crippen LogP contribution in [0.15, 0.2) is 59.6 Å². The number of aromatic nitrogens is 1. The minimum absolute atomic E-state index is 0.0806. The van der Waals surface area contributed by atoms with Gasteiger partial charge >= 0.3 is 0 Å². The Labute approximate surface area is 148 Å². The highest BCUT2D eigenvalue weighted by molar-refractivity contribution is 7.73. The molecule has 0 saturated carbocycles. The number of benzene rings is 2. The predicted molar refractivity (Wildman–Crippen MR) is 98.7 cm³/mol. The van der Waals surface area contributed by atoms with Crippen molar-refractivity contribution in [2.45, 2.75) is 13.0 Å². The van der Waals surface area contributed by atoms with E-state index in [0.29, 0.717) is 14.5 Å². The summed E-state index contributed by atoms with van der Waals surface area (Å²) in [4.78, 5) is 4.84. The number of thiazole rings is 1. The molecule has 3 rings (SSSR count). The summed E-state index contributed by atoms with van der Waals surface area (Å²) in [5.74, 6) is -0.220. The third-order valence-electron chi connectivity index (χ3n) is 3.67. The first-order chi connectivity index (χ1) is 11.6. The maximum Gasteiger partial charge on any atom is 0.212 e. The molecular formula is C18H15FN2OS2. The summed E-state index contributed by atoms with van der Waals surface area (Å²) in [7, 11) is 0. The molecule has 0 aliphatic carbocycles. The van der Waals surface area contributed by atoms with Crippen LogP contribution in [0.1, 0.15) is 23.4 Å². The highest BCUT2D eigenvalue weighted by Crippen LogP contribution is 2.31. The van der Waals surface area contributed by atoms with E-state index in [1.807, 2.05) is 37.3 Å². The van der Waals surface area contributed by atoms with Gasteiger partial charge in [-0.25, -0.2) is 4.39 Å². The number of rotatable bonds is 4. The van der Waals surface area contributed by atoms with Crippen molar-refractivity contribution in [3.63, 3.8) is 0 Å². The van der Waals surface area contributed by atoms with Crippen LogP contribution in [0.3, 0.4) is 0 Å². The van der Waals surface area contributed by atoms with Crippen LogP contribution in [0.25, 0.3) is 0 Å². The van der Waals surface area contributed by atoms with E-state index in [1.165, 1.54) is 23.5 Å². The molecule has 0 spiro atoms. The maximum atomic E-state index is 12.9. The van der Waals surface area contributed by atoms with E-state index in [0.717, 1.165) is 5.56 Å². The Bertz CT molecular complexity index is 914. The summed E-state index contributed by atoms with van der Waals surface area (Å²) in [6, 6.07) is 15.6. The summed E-state index contributed by atoms with van der Waals surface area (Å²) in [5.41, 5.74) is 1.67. The Balaban J connectivity index is 1.92. The molecule has 1 atom stereocenters. The van der Waals surface area contributed by atoms with Crippen molar-refractivity contribution in [1.29, 1.82) is 0 Å². The van der Waals surface area contributed by atoms with Crippen molar-refractivity contribution in [3.05, 3.63) is 74.8 Å². The molecule has 0 saturated heterocycles. The number of hydrogen-bond acceptors (Lipinski definition) is 4. The van der Waals surface area contributed by atoms with Crippen LogP contribution in [0, 0.1) is 9.77 Å². The first-order valence-corrected chi connectivity index (χ1v) is 8.57. The van der Waals surface area contributed by atoms with Gasteiger partial charge in [-0.15, -0.1) is 0 Å². The normalized spacial score (nSPS) is 12.6. The minimum Gasteiger partial charge on any atom is -0.493 e. The molecule has 3 aromatic rings. The zero-order valence-corrected chi connectivity index (χ0v) is 14.5. The highest BCUT2D eigenvalue weighted by atomic mass is 32.1. The van der Waals surface area contributed by atoms with Crippen LogP contribution < -0.4 is 0 Å². The van der Waals surface area contributed by atoms with Crippen molar-refractivity contribution in [1.82, 2.24) is 4.57 Å². The molecule has 1 aromatic heterocycles. The Morgan fingerprint density at radius 1 is 1.17 bits per heavy atom. The molecule has 3 nitrogen and oxygen atoms in total. The second-order valence-electron chi connectivity index (χ2n) is 5.25. The van der Waals surface area contributed by atoms with Gasteiger partial charge in [-0.05, 0) is 49.0 Å². The Morgan fingerprint density at radius 3 is 2.50 bits per heavy atom. The molecule has 0 unspecified atom stereocenters. The van der Waals surface area contributed by atoms with Crippen LogP contribution in [-0.4, -0.2) is 15.9 Å². The van der Waals surface area contributed by atoms with E-state index in [1.54, 1.807) is 22.9 Å². The largest absolute Gasteiger partial charge is 0.493 e. The predicted octanol–water partition coefficient (Wildman–Crippen LogP) is 5.48. The Morgan fingerprint density at radius 2 is 1.83 bits per heavy atom. The van der Waals surface area contributed by atoms with Gasteiger partial charge in [-0.3, -0.25) is 9.56 Å². The molecule has 0 aliphatic heterocycles. The van der Waals surface area contributed by atoms with Gasteiger partial charge in [-0.1, -0.05) is 41.7 Å². The lowest BCUT2D eigenvalue weighted by Crippen LogP contribution is -2.06. The van der Waals surface area contributed by atoms with Crippen LogP contribution in [0.5, 0.6) is 5.88 Å². The highest BCUT2D eigenvalue weighted by Gasteiger charge is 2.16. The van der Waals surface area contributed by atoms with E-state index in [9.17, 15) is 9.50 Å². The molecular weight excluding hydrogens is 343 g/mol. The van der Waals surface area contributed by atoms with Crippen molar-refractivity contribution < 1.29 is 9.50 Å². The number of aromatic hydroxyl groups is 1. The van der Waals surface area contributed by atoms with Gasteiger partial charge in [0.25, 0.3) is 0 Å². The lowest BCUT2D eigenvalue weighted by atomic mass is 10.1. The standard InChI is InChI=1S/C18H15FN2OS2/c1-12(13-5-3-2-4-6-13)21-17(22)16(24-18(21)23)11-20-15-9-7-14(19)8-10-15/h2-12,22H,1H3/t12-/m1/s1. The van der Waals surface area contributed by atoms with Gasteiger partial charge in [0.1, 0.15) is 10.7 Å². The topological polar surface area (TPSA) is 37.5 Å². The van der Waals surface area contributed by atoms with Gasteiger partial charge < -0.3 is 5.11 Å². The van der Waals surface area contributed by atoms with E-state index >= 15 is 0 Å². The Kier molecular flexibility index (Phi) is 4.87. The zero-order chi connectivity index (χ0) is 17.1. The van der Waals surface area contributed by atoms with Gasteiger partial charge in [0, 0.05) is 0 Å². The van der Waals surface area contributed by atoms with Gasteiger partial charge in [0.2, 0.25) is 5.88 Å². The molecule has 6 heteroatoms. The van der Waals surface area contributed by atoms with E-state index in [-0.39, 0.29) is 17.7 Å². The molecule has 0 amide bonds. The van der Waals surface area contributed by atoms with Gasteiger partial charge in [0.05, 0.1) is 17.9 Å². The molecule has 2 aromatic carbocycles. The van der Waals surface area contributed by atoms with Crippen molar-refractivity contribution in [2.75, 3.05) is 0 Å². The molecule has 122 valence electrons. The molecule has 1 heterocycles. The second-order valence-corrected chi connectivity index (χ2v) is 6.92. The lowest BCUT2D eigenvalue weighted by molar-refractivity contribution is 0.405. The molecule has 0 aliphatic rings. The quantitative estimate of drug-likeness (QED) is 0.495. The monoisotopic (exact) mass is 358 g/mol. The number of halogens is 1. The van der Waals surface area contributed by atoms with Crippen molar-refractivity contribution in [2.24, 2.45) is 4.99 Å². The van der Waals surface area contributed by atoms with Crippen LogP contribution >= 0.6 is 23.6 Å². The summed E-state index contributed by atoms with van der Waals surface area (Å²) in [5, 5.41) is 10.5. The van der Waals surface area contributed by atoms with Gasteiger partial charge in [-0.2, -0.15) is 0 Å². The number of nitrogens with zero attached hydrogens (tertiary/aromatic N) is 2. The average Bonchev–Trinajstić information content (AvgIpc) is 2.88. The molecule has 24 heavy (non-hydrogen) atoms. The van der Waals surface area contributed by atoms with Crippen molar-refractivity contribution in [3.8, 4) is 5.88 Å². The third-order valence-corrected chi connectivity index (χ3v) is 5.00. The minimum atomic E-state index is -0.310. The average molecular weight is 358 g/mol. The first-order valence-electron chi connectivity index (χ1n) is 7.35. The molecule has 1 N–H and O–H groups in total.